The molecule has 0 saturated heterocycles. The molecule has 0 aliphatic rings. The van der Waals surface area contributed by atoms with Gasteiger partial charge in [-0.3, -0.25) is 0 Å². The van der Waals surface area contributed by atoms with E-state index in [2.05, 4.69) is 4.98 Å². The van der Waals surface area contributed by atoms with Gasteiger partial charge in [0.25, 0.3) is 0 Å². The quantitative estimate of drug-likeness (QED) is 0.619. The van der Waals surface area contributed by atoms with Crippen LogP contribution in [0.2, 0.25) is 0 Å². The Kier molecular flexibility index (Phi) is 4.84. The molecule has 0 saturated carbocycles. The van der Waals surface area contributed by atoms with Gasteiger partial charge in [-0.25, -0.2) is 9.78 Å². The predicted octanol–water partition coefficient (Wildman–Crippen LogP) is 3.80. The summed E-state index contributed by atoms with van der Waals surface area (Å²) in [6, 6.07) is 7.83. The van der Waals surface area contributed by atoms with Crippen molar-refractivity contribution < 1.29 is 13.9 Å². The van der Waals surface area contributed by atoms with Crippen molar-refractivity contribution in [2.45, 2.75) is 25.2 Å². The summed E-state index contributed by atoms with van der Waals surface area (Å²) in [7, 11) is 0. The molecule has 0 amide bonds. The summed E-state index contributed by atoms with van der Waals surface area (Å²) in [5, 5.41) is 0. The Morgan fingerprint density at radius 1 is 1.35 bits per heavy atom. The van der Waals surface area contributed by atoms with E-state index in [0.717, 1.165) is 10.5 Å². The fraction of sp³-hybridized carbons (Fsp3) is 0.333. The van der Waals surface area contributed by atoms with Crippen LogP contribution in [0.1, 0.15) is 30.1 Å². The number of rotatable bonds is 5. The van der Waals surface area contributed by atoms with E-state index in [1.165, 1.54) is 0 Å². The zero-order valence-electron chi connectivity index (χ0n) is 11.8. The number of carbonyl (C=O) groups is 1. The number of esters is 1. The van der Waals surface area contributed by atoms with E-state index < -0.39 is 5.97 Å². The number of oxazole rings is 1. The maximum absolute atomic E-state index is 11.9. The maximum Gasteiger partial charge on any atom is 0.376 e. The first-order chi connectivity index (χ1) is 9.71. The van der Waals surface area contributed by atoms with E-state index in [0.29, 0.717) is 24.6 Å². The van der Waals surface area contributed by atoms with Crippen molar-refractivity contribution in [3.05, 3.63) is 35.7 Å². The van der Waals surface area contributed by atoms with Crippen LogP contribution < -0.4 is 0 Å². The molecule has 0 bridgehead atoms. The fourth-order valence-corrected chi connectivity index (χ4v) is 2.47. The maximum atomic E-state index is 11.9. The van der Waals surface area contributed by atoms with Crippen molar-refractivity contribution in [1.29, 1.82) is 0 Å². The van der Waals surface area contributed by atoms with Crippen LogP contribution in [0.5, 0.6) is 0 Å². The highest BCUT2D eigenvalue weighted by Gasteiger charge is 2.21. The third-order valence-corrected chi connectivity index (χ3v) is 3.63. The molecule has 2 aromatic rings. The molecule has 0 unspecified atom stereocenters. The monoisotopic (exact) mass is 291 g/mol. The first-order valence-corrected chi connectivity index (χ1v) is 7.73. The van der Waals surface area contributed by atoms with Gasteiger partial charge in [-0.15, -0.1) is 11.8 Å². The zero-order chi connectivity index (χ0) is 14.5. The third-order valence-electron chi connectivity index (χ3n) is 2.83. The number of nitrogens with zero attached hydrogens (tertiary/aromatic N) is 1. The molecule has 4 nitrogen and oxygen atoms in total. The predicted molar refractivity (Wildman–Crippen MR) is 79.1 cm³/mol. The lowest BCUT2D eigenvalue weighted by Gasteiger charge is -2.02. The molecule has 1 aromatic heterocycles. The summed E-state index contributed by atoms with van der Waals surface area (Å²) in [5.74, 6) is 0.222. The summed E-state index contributed by atoms with van der Waals surface area (Å²) in [4.78, 5) is 17.4. The van der Waals surface area contributed by atoms with Gasteiger partial charge in [0.15, 0.2) is 0 Å². The van der Waals surface area contributed by atoms with Crippen LogP contribution in [-0.4, -0.2) is 23.8 Å². The summed E-state index contributed by atoms with van der Waals surface area (Å²) in [6.07, 6.45) is 2.62. The molecule has 0 aliphatic heterocycles. The highest BCUT2D eigenvalue weighted by molar-refractivity contribution is 7.98. The second-order valence-corrected chi connectivity index (χ2v) is 4.92. The van der Waals surface area contributed by atoms with Gasteiger partial charge in [0, 0.05) is 4.90 Å². The topological polar surface area (TPSA) is 52.3 Å². The van der Waals surface area contributed by atoms with Crippen molar-refractivity contribution in [2.24, 2.45) is 0 Å². The molecule has 0 atom stereocenters. The second kappa shape index (κ2) is 6.61. The molecule has 0 spiro atoms. The number of ether oxygens (including phenoxy) is 1. The molecule has 5 heteroatoms. The Balaban J connectivity index is 2.46. The van der Waals surface area contributed by atoms with E-state index in [9.17, 15) is 4.79 Å². The minimum absolute atomic E-state index is 0.209. The van der Waals surface area contributed by atoms with Gasteiger partial charge in [0.1, 0.15) is 0 Å². The van der Waals surface area contributed by atoms with Crippen molar-refractivity contribution >= 4 is 17.7 Å². The second-order valence-electron chi connectivity index (χ2n) is 4.07. The number of benzene rings is 1. The number of thioether (sulfide) groups is 1. The lowest BCUT2D eigenvalue weighted by molar-refractivity contribution is 0.0489. The number of hydrogen-bond donors (Lipinski definition) is 0. The van der Waals surface area contributed by atoms with Gasteiger partial charge in [0.05, 0.1) is 17.9 Å². The lowest BCUT2D eigenvalue weighted by atomic mass is 10.2. The lowest BCUT2D eigenvalue weighted by Crippen LogP contribution is -2.05. The van der Waals surface area contributed by atoms with Gasteiger partial charge < -0.3 is 9.15 Å². The molecule has 2 rings (SSSR count). The molecule has 0 fully saturated rings. The van der Waals surface area contributed by atoms with Gasteiger partial charge in [0.2, 0.25) is 11.7 Å². The standard InChI is InChI=1S/C15H17NO3S/c1-4-11-13(15(17)18-5-2)19-14(16-11)10-8-6-7-9-12(10)20-3/h6-9H,4-5H2,1-3H3. The summed E-state index contributed by atoms with van der Waals surface area (Å²) in [6.45, 7) is 4.02. The third kappa shape index (κ3) is 2.88. The molecule has 0 N–H and O–H groups in total. The minimum atomic E-state index is -0.454. The van der Waals surface area contributed by atoms with E-state index in [4.69, 9.17) is 9.15 Å². The Hall–Kier alpha value is -1.75. The smallest absolute Gasteiger partial charge is 0.376 e. The van der Waals surface area contributed by atoms with Crippen LogP contribution >= 0.6 is 11.8 Å². The number of aromatic nitrogens is 1. The fourth-order valence-electron chi connectivity index (χ4n) is 1.88. The van der Waals surface area contributed by atoms with Crippen LogP contribution in [0.15, 0.2) is 33.6 Å². The highest BCUT2D eigenvalue weighted by atomic mass is 32.2. The molecular formula is C15H17NO3S. The number of hydrogen-bond acceptors (Lipinski definition) is 5. The Bertz CT molecular complexity index is 607. The normalized spacial score (nSPS) is 10.6. The highest BCUT2D eigenvalue weighted by Crippen LogP contribution is 2.31. The average molecular weight is 291 g/mol. The molecule has 106 valence electrons. The Morgan fingerprint density at radius 3 is 2.75 bits per heavy atom. The minimum Gasteiger partial charge on any atom is -0.460 e. The zero-order valence-corrected chi connectivity index (χ0v) is 12.6. The largest absolute Gasteiger partial charge is 0.460 e. The van der Waals surface area contributed by atoms with Crippen molar-refractivity contribution in [3.8, 4) is 11.5 Å². The van der Waals surface area contributed by atoms with E-state index in [1.807, 2.05) is 37.4 Å². The van der Waals surface area contributed by atoms with Crippen molar-refractivity contribution in [2.75, 3.05) is 12.9 Å². The van der Waals surface area contributed by atoms with Gasteiger partial charge in [-0.2, -0.15) is 0 Å². The molecule has 20 heavy (non-hydrogen) atoms. The van der Waals surface area contributed by atoms with Gasteiger partial charge in [-0.1, -0.05) is 19.1 Å². The van der Waals surface area contributed by atoms with Crippen LogP contribution in [0.25, 0.3) is 11.5 Å². The molecular weight excluding hydrogens is 274 g/mol. The summed E-state index contributed by atoms with van der Waals surface area (Å²) < 4.78 is 10.6. The Labute approximate surface area is 122 Å². The first kappa shape index (κ1) is 14.7. The Morgan fingerprint density at radius 2 is 2.10 bits per heavy atom. The summed E-state index contributed by atoms with van der Waals surface area (Å²) in [5.41, 5.74) is 1.53. The number of aryl methyl sites for hydroxylation is 1. The van der Waals surface area contributed by atoms with Crippen LogP contribution in [0.3, 0.4) is 0 Å². The van der Waals surface area contributed by atoms with Crippen LogP contribution in [-0.2, 0) is 11.2 Å². The SMILES string of the molecule is CCOC(=O)c1oc(-c2ccccc2SC)nc1CC. The van der Waals surface area contributed by atoms with Crippen molar-refractivity contribution in [1.82, 2.24) is 4.98 Å². The van der Waals surface area contributed by atoms with Crippen LogP contribution in [0, 0.1) is 0 Å². The summed E-state index contributed by atoms with van der Waals surface area (Å²) >= 11 is 1.62. The molecule has 0 radical (unpaired) electrons. The van der Waals surface area contributed by atoms with E-state index >= 15 is 0 Å². The van der Waals surface area contributed by atoms with Crippen molar-refractivity contribution in [3.63, 3.8) is 0 Å². The number of carbonyl (C=O) groups excluding carboxylic acids is 1. The van der Waals surface area contributed by atoms with Crippen LogP contribution in [0.4, 0.5) is 0 Å². The van der Waals surface area contributed by atoms with Gasteiger partial charge >= 0.3 is 5.97 Å². The van der Waals surface area contributed by atoms with E-state index in [1.54, 1.807) is 18.7 Å². The van der Waals surface area contributed by atoms with E-state index in [-0.39, 0.29) is 5.76 Å². The molecule has 1 aromatic carbocycles. The average Bonchev–Trinajstić information content (AvgIpc) is 2.91. The first-order valence-electron chi connectivity index (χ1n) is 6.51. The molecule has 0 aliphatic carbocycles. The molecule has 1 heterocycles. The van der Waals surface area contributed by atoms with Gasteiger partial charge in [-0.05, 0) is 31.7 Å².